The van der Waals surface area contributed by atoms with Crippen LogP contribution in [0, 0.1) is 23.0 Å². The molecule has 1 unspecified atom stereocenters. The Morgan fingerprint density at radius 1 is 1.50 bits per heavy atom. The minimum Gasteiger partial charge on any atom is -0.464 e. The smallest absolute Gasteiger partial charge is 0.328 e. The molecule has 96 valence electrons. The third-order valence-electron chi connectivity index (χ3n) is 2.17. The van der Waals surface area contributed by atoms with E-state index >= 15 is 0 Å². The van der Waals surface area contributed by atoms with Crippen molar-refractivity contribution in [3.05, 3.63) is 29.3 Å². The SMILES string of the molecule is CCOC(=O)C(C)Nc1c(F)cc(C#N)cc1F. The van der Waals surface area contributed by atoms with Gasteiger partial charge in [-0.25, -0.2) is 13.6 Å². The first-order valence-corrected chi connectivity index (χ1v) is 5.32. The highest BCUT2D eigenvalue weighted by Gasteiger charge is 2.18. The number of hydrogen-bond donors (Lipinski definition) is 1. The van der Waals surface area contributed by atoms with E-state index < -0.39 is 29.3 Å². The number of nitrogens with zero attached hydrogens (tertiary/aromatic N) is 1. The molecule has 1 aromatic carbocycles. The third-order valence-corrected chi connectivity index (χ3v) is 2.17. The number of benzene rings is 1. The summed E-state index contributed by atoms with van der Waals surface area (Å²) in [7, 11) is 0. The second-order valence-corrected chi connectivity index (χ2v) is 3.54. The fourth-order valence-electron chi connectivity index (χ4n) is 1.32. The van der Waals surface area contributed by atoms with Gasteiger partial charge in [0.05, 0.1) is 18.2 Å². The summed E-state index contributed by atoms with van der Waals surface area (Å²) in [5.74, 6) is -2.47. The van der Waals surface area contributed by atoms with Gasteiger partial charge in [-0.1, -0.05) is 0 Å². The van der Waals surface area contributed by atoms with Crippen LogP contribution in [-0.2, 0) is 9.53 Å². The number of anilines is 1. The first kappa shape index (κ1) is 13.9. The quantitative estimate of drug-likeness (QED) is 0.837. The number of rotatable bonds is 4. The predicted molar refractivity (Wildman–Crippen MR) is 60.8 cm³/mol. The zero-order valence-corrected chi connectivity index (χ0v) is 9.96. The zero-order chi connectivity index (χ0) is 13.7. The van der Waals surface area contributed by atoms with Crippen molar-refractivity contribution in [3.8, 4) is 6.07 Å². The molecular formula is C12H12F2N2O2. The Morgan fingerprint density at radius 3 is 2.50 bits per heavy atom. The lowest BCUT2D eigenvalue weighted by atomic mass is 10.2. The molecule has 0 fully saturated rings. The Labute approximate surface area is 103 Å². The second kappa shape index (κ2) is 5.96. The predicted octanol–water partition coefficient (Wildman–Crippen LogP) is 2.20. The van der Waals surface area contributed by atoms with Crippen LogP contribution in [0.3, 0.4) is 0 Å². The van der Waals surface area contributed by atoms with E-state index in [2.05, 4.69) is 5.32 Å². The van der Waals surface area contributed by atoms with Gasteiger partial charge in [-0.15, -0.1) is 0 Å². The lowest BCUT2D eigenvalue weighted by Crippen LogP contribution is -2.29. The summed E-state index contributed by atoms with van der Waals surface area (Å²) < 4.78 is 31.7. The lowest BCUT2D eigenvalue weighted by molar-refractivity contribution is -0.143. The molecule has 0 aliphatic rings. The lowest BCUT2D eigenvalue weighted by Gasteiger charge is -2.15. The van der Waals surface area contributed by atoms with Gasteiger partial charge in [0, 0.05) is 0 Å². The van der Waals surface area contributed by atoms with Crippen LogP contribution in [0.15, 0.2) is 12.1 Å². The monoisotopic (exact) mass is 254 g/mol. The summed E-state index contributed by atoms with van der Waals surface area (Å²) in [6, 6.07) is 2.53. The molecular weight excluding hydrogens is 242 g/mol. The number of halogens is 2. The van der Waals surface area contributed by atoms with Crippen LogP contribution >= 0.6 is 0 Å². The largest absolute Gasteiger partial charge is 0.464 e. The van der Waals surface area contributed by atoms with Crippen LogP contribution in [0.1, 0.15) is 19.4 Å². The summed E-state index contributed by atoms with van der Waals surface area (Å²) >= 11 is 0. The van der Waals surface area contributed by atoms with Crippen molar-refractivity contribution in [1.82, 2.24) is 0 Å². The van der Waals surface area contributed by atoms with Crippen LogP contribution < -0.4 is 5.32 Å². The molecule has 4 nitrogen and oxygen atoms in total. The van der Waals surface area contributed by atoms with Crippen LogP contribution in [0.2, 0.25) is 0 Å². The normalized spacial score (nSPS) is 11.5. The van der Waals surface area contributed by atoms with E-state index in [1.165, 1.54) is 6.92 Å². The van der Waals surface area contributed by atoms with Crippen molar-refractivity contribution in [2.45, 2.75) is 19.9 Å². The van der Waals surface area contributed by atoms with Crippen LogP contribution in [0.4, 0.5) is 14.5 Å². The fraction of sp³-hybridized carbons (Fsp3) is 0.333. The van der Waals surface area contributed by atoms with Gasteiger partial charge in [0.1, 0.15) is 11.7 Å². The molecule has 6 heteroatoms. The molecule has 18 heavy (non-hydrogen) atoms. The maximum absolute atomic E-state index is 13.5. The molecule has 1 N–H and O–H groups in total. The van der Waals surface area contributed by atoms with Gasteiger partial charge in [0.25, 0.3) is 0 Å². The summed E-state index contributed by atoms with van der Waals surface area (Å²) in [6.07, 6.45) is 0. The molecule has 0 aliphatic heterocycles. The van der Waals surface area contributed by atoms with Crippen LogP contribution in [-0.4, -0.2) is 18.6 Å². The van der Waals surface area contributed by atoms with Gasteiger partial charge in [-0.3, -0.25) is 0 Å². The number of hydrogen-bond acceptors (Lipinski definition) is 4. The highest BCUT2D eigenvalue weighted by molar-refractivity contribution is 5.79. The molecule has 0 aromatic heterocycles. The van der Waals surface area contributed by atoms with E-state index in [1.54, 1.807) is 13.0 Å². The van der Waals surface area contributed by atoms with Crippen LogP contribution in [0.25, 0.3) is 0 Å². The molecule has 0 saturated carbocycles. The first-order valence-electron chi connectivity index (χ1n) is 5.32. The summed E-state index contributed by atoms with van der Waals surface area (Å²) in [4.78, 5) is 11.3. The first-order chi connectivity index (χ1) is 8.49. The molecule has 1 atom stereocenters. The van der Waals surface area contributed by atoms with E-state index in [4.69, 9.17) is 10.00 Å². The minimum atomic E-state index is -0.928. The van der Waals surface area contributed by atoms with Crippen molar-refractivity contribution in [3.63, 3.8) is 0 Å². The van der Waals surface area contributed by atoms with Crippen LogP contribution in [0.5, 0.6) is 0 Å². The number of carbonyl (C=O) groups excluding carboxylic acids is 1. The van der Waals surface area contributed by atoms with Gasteiger partial charge in [-0.2, -0.15) is 5.26 Å². The molecule has 0 bridgehead atoms. The van der Waals surface area contributed by atoms with Gasteiger partial charge < -0.3 is 10.1 Å². The van der Waals surface area contributed by atoms with E-state index in [1.807, 2.05) is 0 Å². The van der Waals surface area contributed by atoms with Crippen molar-refractivity contribution in [2.24, 2.45) is 0 Å². The minimum absolute atomic E-state index is 0.126. The standard InChI is InChI=1S/C12H12F2N2O2/c1-3-18-12(17)7(2)16-11-9(13)4-8(6-15)5-10(11)14/h4-5,7,16H,3H2,1-2H3. The maximum Gasteiger partial charge on any atom is 0.328 e. The molecule has 0 spiro atoms. The molecule has 0 saturated heterocycles. The Hall–Kier alpha value is -2.16. The van der Waals surface area contributed by atoms with Gasteiger partial charge in [0.2, 0.25) is 0 Å². The molecule has 1 rings (SSSR count). The molecule has 1 aromatic rings. The average Bonchev–Trinajstić information content (AvgIpc) is 2.33. The summed E-state index contributed by atoms with van der Waals surface area (Å²) in [5.41, 5.74) is -0.575. The Morgan fingerprint density at radius 2 is 2.06 bits per heavy atom. The number of esters is 1. The second-order valence-electron chi connectivity index (χ2n) is 3.54. The van der Waals surface area contributed by atoms with Crippen molar-refractivity contribution in [1.29, 1.82) is 5.26 Å². The molecule has 0 amide bonds. The zero-order valence-electron chi connectivity index (χ0n) is 9.96. The van der Waals surface area contributed by atoms with E-state index in [-0.39, 0.29) is 12.2 Å². The van der Waals surface area contributed by atoms with E-state index in [0.717, 1.165) is 12.1 Å². The topological polar surface area (TPSA) is 62.1 Å². The van der Waals surface area contributed by atoms with E-state index in [0.29, 0.717) is 0 Å². The third kappa shape index (κ3) is 3.17. The molecule has 0 heterocycles. The van der Waals surface area contributed by atoms with Crippen molar-refractivity contribution < 1.29 is 18.3 Å². The Kier molecular flexibility index (Phi) is 4.60. The maximum atomic E-state index is 13.5. The van der Waals surface area contributed by atoms with Gasteiger partial charge >= 0.3 is 5.97 Å². The number of ether oxygens (including phenoxy) is 1. The average molecular weight is 254 g/mol. The number of carbonyl (C=O) groups is 1. The highest BCUT2D eigenvalue weighted by atomic mass is 19.1. The number of nitrogens with one attached hydrogen (secondary N) is 1. The highest BCUT2D eigenvalue weighted by Crippen LogP contribution is 2.21. The Balaban J connectivity index is 2.92. The van der Waals surface area contributed by atoms with Gasteiger partial charge in [-0.05, 0) is 26.0 Å². The van der Waals surface area contributed by atoms with E-state index in [9.17, 15) is 13.6 Å². The van der Waals surface area contributed by atoms with Crippen molar-refractivity contribution >= 4 is 11.7 Å². The molecule has 0 radical (unpaired) electrons. The fourth-order valence-corrected chi connectivity index (χ4v) is 1.32. The summed E-state index contributed by atoms with van der Waals surface area (Å²) in [6.45, 7) is 3.24. The van der Waals surface area contributed by atoms with Gasteiger partial charge in [0.15, 0.2) is 11.6 Å². The number of nitriles is 1. The molecule has 0 aliphatic carbocycles. The van der Waals surface area contributed by atoms with Crippen molar-refractivity contribution in [2.75, 3.05) is 11.9 Å². The Bertz CT molecular complexity index is 474. The summed E-state index contributed by atoms with van der Waals surface area (Å²) in [5, 5.41) is 10.9.